The van der Waals surface area contributed by atoms with Crippen molar-refractivity contribution in [1.82, 2.24) is 0 Å². The highest BCUT2D eigenvalue weighted by atomic mass is 35.5. The van der Waals surface area contributed by atoms with Gasteiger partial charge in [0.1, 0.15) is 12.3 Å². The molecular formula is C15H13Cl3N2O4S. The number of halogens is 3. The Morgan fingerprint density at radius 3 is 2.36 bits per heavy atom. The monoisotopic (exact) mass is 422 g/mol. The van der Waals surface area contributed by atoms with Gasteiger partial charge in [0.05, 0.1) is 27.7 Å². The summed E-state index contributed by atoms with van der Waals surface area (Å²) in [6.45, 7) is -0.612. The lowest BCUT2D eigenvalue weighted by molar-refractivity contribution is -0.116. The predicted octanol–water partition coefficient (Wildman–Crippen LogP) is 3.34. The first-order valence-corrected chi connectivity index (χ1v) is 9.34. The number of benzene rings is 2. The highest BCUT2D eigenvalue weighted by Gasteiger charge is 2.29. The van der Waals surface area contributed by atoms with Crippen LogP contribution in [0.15, 0.2) is 41.3 Å². The van der Waals surface area contributed by atoms with E-state index in [0.29, 0.717) is 0 Å². The van der Waals surface area contributed by atoms with Crippen LogP contribution >= 0.6 is 34.8 Å². The number of hydrogen-bond acceptors (Lipinski definition) is 4. The Kier molecular flexibility index (Phi) is 6.05. The third-order valence-corrected chi connectivity index (χ3v) is 5.92. The molecule has 2 rings (SSSR count). The van der Waals surface area contributed by atoms with Gasteiger partial charge in [-0.2, -0.15) is 0 Å². The van der Waals surface area contributed by atoms with E-state index in [-0.39, 0.29) is 31.4 Å². The molecule has 1 amide bonds. The number of anilines is 1. The Bertz CT molecular complexity index is 919. The zero-order chi connectivity index (χ0) is 18.8. The molecule has 2 aromatic rings. The van der Waals surface area contributed by atoms with Gasteiger partial charge in [-0.25, -0.2) is 8.42 Å². The lowest BCUT2D eigenvalue weighted by atomic mass is 10.3. The van der Waals surface area contributed by atoms with Crippen LogP contribution < -0.4 is 14.8 Å². The van der Waals surface area contributed by atoms with Crippen molar-refractivity contribution in [2.75, 3.05) is 18.0 Å². The Balaban J connectivity index is 2.66. The second kappa shape index (κ2) is 7.70. The molecular weight excluding hydrogens is 411 g/mol. The third kappa shape index (κ3) is 4.30. The van der Waals surface area contributed by atoms with E-state index in [2.05, 4.69) is 0 Å². The summed E-state index contributed by atoms with van der Waals surface area (Å²) in [5.74, 6) is -0.653. The molecule has 6 nitrogen and oxygen atoms in total. The number of carbonyl (C=O) groups is 1. The Hall–Kier alpha value is -1.67. The van der Waals surface area contributed by atoms with Crippen LogP contribution in [-0.2, 0) is 14.8 Å². The Morgan fingerprint density at radius 2 is 1.80 bits per heavy atom. The van der Waals surface area contributed by atoms with Gasteiger partial charge in [-0.05, 0) is 36.4 Å². The number of carbonyl (C=O) groups excluding carboxylic acids is 1. The smallest absolute Gasteiger partial charge is 0.264 e. The SMILES string of the molecule is COc1ccc(Cl)cc1N(CC(N)=O)S(=O)(=O)c1ccc(Cl)c(Cl)c1. The number of methoxy groups -OCH3 is 1. The molecule has 0 spiro atoms. The second-order valence-corrected chi connectivity index (χ2v) is 7.98. The number of rotatable bonds is 6. The van der Waals surface area contributed by atoms with Crippen molar-refractivity contribution in [2.45, 2.75) is 4.90 Å². The van der Waals surface area contributed by atoms with Crippen LogP contribution in [0.4, 0.5) is 5.69 Å². The first-order chi connectivity index (χ1) is 11.7. The van der Waals surface area contributed by atoms with Gasteiger partial charge in [-0.3, -0.25) is 9.10 Å². The summed E-state index contributed by atoms with van der Waals surface area (Å²) in [4.78, 5) is 11.3. The molecule has 0 saturated carbocycles. The van der Waals surface area contributed by atoms with Gasteiger partial charge in [0.25, 0.3) is 10.0 Å². The minimum Gasteiger partial charge on any atom is -0.495 e. The number of ether oxygens (including phenoxy) is 1. The average molecular weight is 424 g/mol. The maximum Gasteiger partial charge on any atom is 0.264 e. The number of hydrogen-bond donors (Lipinski definition) is 1. The normalized spacial score (nSPS) is 11.2. The molecule has 0 aliphatic heterocycles. The molecule has 0 heterocycles. The van der Waals surface area contributed by atoms with Crippen LogP contribution in [0, 0.1) is 0 Å². The molecule has 2 N–H and O–H groups in total. The third-order valence-electron chi connectivity index (χ3n) is 3.19. The minimum atomic E-state index is -4.19. The molecule has 0 fully saturated rings. The van der Waals surface area contributed by atoms with Crippen LogP contribution in [0.3, 0.4) is 0 Å². The Labute approximate surface area is 160 Å². The summed E-state index contributed by atoms with van der Waals surface area (Å²) in [7, 11) is -2.82. The number of primary amides is 1. The number of nitrogens with two attached hydrogens (primary N) is 1. The summed E-state index contributed by atoms with van der Waals surface area (Å²) < 4.78 is 32.0. The van der Waals surface area contributed by atoms with Crippen LogP contribution in [0.2, 0.25) is 15.1 Å². The standard InChI is InChI=1S/C15H13Cl3N2O4S/c1-24-14-5-2-9(16)6-13(14)20(8-15(19)21)25(22,23)10-3-4-11(17)12(18)7-10/h2-7H,8H2,1H3,(H2,19,21). The van der Waals surface area contributed by atoms with Gasteiger partial charge in [-0.1, -0.05) is 34.8 Å². The molecule has 2 aromatic carbocycles. The van der Waals surface area contributed by atoms with Crippen molar-refractivity contribution in [1.29, 1.82) is 0 Å². The first-order valence-electron chi connectivity index (χ1n) is 6.76. The van der Waals surface area contributed by atoms with E-state index in [0.717, 1.165) is 4.31 Å². The van der Waals surface area contributed by atoms with E-state index < -0.39 is 22.5 Å². The molecule has 10 heteroatoms. The van der Waals surface area contributed by atoms with Gasteiger partial charge in [0.15, 0.2) is 0 Å². The average Bonchev–Trinajstić information content (AvgIpc) is 2.54. The molecule has 0 bridgehead atoms. The van der Waals surface area contributed by atoms with E-state index >= 15 is 0 Å². The van der Waals surface area contributed by atoms with Crippen molar-refractivity contribution in [3.63, 3.8) is 0 Å². The van der Waals surface area contributed by atoms with Crippen molar-refractivity contribution < 1.29 is 17.9 Å². The van der Waals surface area contributed by atoms with Crippen molar-refractivity contribution in [3.05, 3.63) is 51.5 Å². The second-order valence-electron chi connectivity index (χ2n) is 4.87. The fraction of sp³-hybridized carbons (Fsp3) is 0.133. The van der Waals surface area contributed by atoms with Crippen LogP contribution in [0.5, 0.6) is 5.75 Å². The van der Waals surface area contributed by atoms with Crippen LogP contribution in [0.1, 0.15) is 0 Å². The summed E-state index contributed by atoms with van der Waals surface area (Å²) >= 11 is 17.7. The van der Waals surface area contributed by atoms with Gasteiger partial charge in [0.2, 0.25) is 5.91 Å². The van der Waals surface area contributed by atoms with E-state index in [1.165, 1.54) is 43.5 Å². The molecule has 0 aliphatic rings. The molecule has 134 valence electrons. The van der Waals surface area contributed by atoms with Crippen LogP contribution in [0.25, 0.3) is 0 Å². The topological polar surface area (TPSA) is 89.7 Å². The van der Waals surface area contributed by atoms with Crippen LogP contribution in [-0.4, -0.2) is 28.0 Å². The van der Waals surface area contributed by atoms with Crippen molar-refractivity contribution >= 4 is 56.4 Å². The van der Waals surface area contributed by atoms with E-state index in [1.54, 1.807) is 0 Å². The highest BCUT2D eigenvalue weighted by Crippen LogP contribution is 2.35. The van der Waals surface area contributed by atoms with Gasteiger partial charge in [-0.15, -0.1) is 0 Å². The van der Waals surface area contributed by atoms with E-state index in [9.17, 15) is 13.2 Å². The summed E-state index contributed by atoms with van der Waals surface area (Å²) in [6.07, 6.45) is 0. The molecule has 0 atom stereocenters. The molecule has 25 heavy (non-hydrogen) atoms. The summed E-state index contributed by atoms with van der Waals surface area (Å²) in [5.41, 5.74) is 5.29. The lowest BCUT2D eigenvalue weighted by Crippen LogP contribution is -2.38. The number of nitrogens with zero attached hydrogens (tertiary/aromatic N) is 1. The largest absolute Gasteiger partial charge is 0.495 e. The van der Waals surface area contributed by atoms with Crippen molar-refractivity contribution in [2.24, 2.45) is 5.73 Å². The quantitative estimate of drug-likeness (QED) is 0.771. The Morgan fingerprint density at radius 1 is 1.12 bits per heavy atom. The summed E-state index contributed by atoms with van der Waals surface area (Å²) in [6, 6.07) is 8.17. The highest BCUT2D eigenvalue weighted by molar-refractivity contribution is 7.92. The van der Waals surface area contributed by atoms with Gasteiger partial charge in [0, 0.05) is 5.02 Å². The zero-order valence-corrected chi connectivity index (χ0v) is 16.0. The van der Waals surface area contributed by atoms with E-state index in [1.807, 2.05) is 0 Å². The predicted molar refractivity (Wildman–Crippen MR) is 98.2 cm³/mol. The van der Waals surface area contributed by atoms with E-state index in [4.69, 9.17) is 45.3 Å². The number of amides is 1. The molecule has 0 aromatic heterocycles. The lowest BCUT2D eigenvalue weighted by Gasteiger charge is -2.25. The maximum atomic E-state index is 13.0. The zero-order valence-electron chi connectivity index (χ0n) is 12.9. The van der Waals surface area contributed by atoms with Gasteiger partial charge < -0.3 is 10.5 Å². The minimum absolute atomic E-state index is 0.0554. The molecule has 0 unspecified atom stereocenters. The fourth-order valence-corrected chi connectivity index (χ4v) is 4.05. The van der Waals surface area contributed by atoms with Crippen molar-refractivity contribution in [3.8, 4) is 5.75 Å². The van der Waals surface area contributed by atoms with Gasteiger partial charge >= 0.3 is 0 Å². The maximum absolute atomic E-state index is 13.0. The molecule has 0 saturated heterocycles. The molecule has 0 radical (unpaired) electrons. The fourth-order valence-electron chi connectivity index (χ4n) is 2.06. The molecule has 0 aliphatic carbocycles. The first kappa shape index (κ1) is 19.7. The summed E-state index contributed by atoms with van der Waals surface area (Å²) in [5, 5.41) is 0.511. The number of sulfonamides is 1.